The topological polar surface area (TPSA) is 290 Å². The first-order valence-electron chi connectivity index (χ1n) is 24.6. The number of phosphoric acid groups is 1. The maximum Gasteiger partial charge on any atom is 0.500 e. The highest BCUT2D eigenvalue weighted by Gasteiger charge is 2.40. The summed E-state index contributed by atoms with van der Waals surface area (Å²) in [6.07, 6.45) is 4.71. The third-order valence-electron chi connectivity index (χ3n) is 9.89. The first-order chi connectivity index (χ1) is 32.0. The van der Waals surface area contributed by atoms with Gasteiger partial charge < -0.3 is 57.0 Å². The molecule has 0 saturated carbocycles. The average molecular weight is 1070 g/mol. The minimum absolute atomic E-state index is 0.0719. The predicted octanol–water partition coefficient (Wildman–Crippen LogP) is 6.67. The van der Waals surface area contributed by atoms with Crippen LogP contribution in [0.2, 0.25) is 12.1 Å². The molecule has 4 unspecified atom stereocenters. The molecule has 0 aliphatic rings. The molecule has 414 valence electrons. The Labute approximate surface area is 418 Å². The molecule has 0 radical (unpaired) electrons. The molecule has 0 aromatic rings. The number of ether oxygens (including phenoxy) is 1. The molecular weight excluding hydrogens is 978 g/mol. The van der Waals surface area contributed by atoms with Crippen LogP contribution in [-0.4, -0.2) is 141 Å². The van der Waals surface area contributed by atoms with Crippen molar-refractivity contribution in [2.75, 3.05) is 71.7 Å². The Morgan fingerprint density at radius 1 is 0.565 bits per heavy atom. The standard InChI is InChI=1S/2C14H31NO4Si.C9H19NO4S.C7H15O6P/c2*1-6-13(5)14(16)15-11-10-12-20(17-7-2,18-8-3)19-9-4;1-5-7(2)8(11)10-9(3,4)6-15(12,13)14;1-3-6(2)7(8)12-4-5-13-14(9,10)11/h2*13H,6-12H2,1-5H3,(H,15,16);7H,5-6H2,1-4H3,(H,10,11)(H,12,13,14);6H,3-5H2,1-2H3,(H2,9,10,11). The number of carbonyl (C=O) groups is 4. The number of hydrogen-bond donors (Lipinski definition) is 6. The van der Waals surface area contributed by atoms with E-state index in [-0.39, 0.29) is 60.6 Å². The summed E-state index contributed by atoms with van der Waals surface area (Å²) < 4.78 is 83.6. The first kappa shape index (κ1) is 73.6. The molecule has 0 aliphatic heterocycles. The number of nitrogens with one attached hydrogen (secondary N) is 3. The highest BCUT2D eigenvalue weighted by molar-refractivity contribution is 7.85. The molecule has 69 heavy (non-hydrogen) atoms. The van der Waals surface area contributed by atoms with E-state index >= 15 is 0 Å². The van der Waals surface area contributed by atoms with Gasteiger partial charge in [-0.3, -0.25) is 28.3 Å². The smallest absolute Gasteiger partial charge is 0.463 e. The van der Waals surface area contributed by atoms with Gasteiger partial charge in [0, 0.05) is 82.6 Å². The van der Waals surface area contributed by atoms with Gasteiger partial charge in [-0.15, -0.1) is 0 Å². The van der Waals surface area contributed by atoms with Crippen LogP contribution in [0.15, 0.2) is 0 Å². The van der Waals surface area contributed by atoms with Crippen LogP contribution in [0.1, 0.15) is 149 Å². The van der Waals surface area contributed by atoms with Crippen molar-refractivity contribution in [3.63, 3.8) is 0 Å². The third-order valence-corrected chi connectivity index (χ3v) is 17.8. The van der Waals surface area contributed by atoms with Crippen molar-refractivity contribution in [1.29, 1.82) is 0 Å². The van der Waals surface area contributed by atoms with Crippen LogP contribution in [0.4, 0.5) is 0 Å². The lowest BCUT2D eigenvalue weighted by Gasteiger charge is -2.28. The highest BCUT2D eigenvalue weighted by Crippen LogP contribution is 2.35. The van der Waals surface area contributed by atoms with Crippen LogP contribution in [0.25, 0.3) is 0 Å². The molecular formula is C44H96N3O18PSSi2. The molecule has 4 atom stereocenters. The van der Waals surface area contributed by atoms with Crippen LogP contribution in [-0.2, 0) is 69.7 Å². The van der Waals surface area contributed by atoms with Crippen molar-refractivity contribution in [3.8, 4) is 0 Å². The summed E-state index contributed by atoms with van der Waals surface area (Å²) >= 11 is 0. The molecule has 6 N–H and O–H groups in total. The van der Waals surface area contributed by atoms with Gasteiger partial charge in [0.15, 0.2) is 0 Å². The zero-order valence-electron chi connectivity index (χ0n) is 45.1. The zero-order chi connectivity index (χ0) is 54.3. The van der Waals surface area contributed by atoms with Crippen LogP contribution in [0, 0.1) is 23.7 Å². The Bertz CT molecular complexity index is 1430. The van der Waals surface area contributed by atoms with E-state index in [0.717, 1.165) is 37.8 Å². The van der Waals surface area contributed by atoms with Crippen molar-refractivity contribution in [1.82, 2.24) is 16.0 Å². The van der Waals surface area contributed by atoms with Crippen LogP contribution in [0.5, 0.6) is 0 Å². The maximum atomic E-state index is 11.7. The molecule has 21 nitrogen and oxygen atoms in total. The quantitative estimate of drug-likeness (QED) is 0.0127. The molecule has 0 fully saturated rings. The number of esters is 1. The van der Waals surface area contributed by atoms with Crippen molar-refractivity contribution < 1.29 is 82.3 Å². The second kappa shape index (κ2) is 41.6. The van der Waals surface area contributed by atoms with Gasteiger partial charge in [-0.1, -0.05) is 55.4 Å². The SMILES string of the molecule is CCC(C)C(=O)NC(C)(C)CS(=O)(=O)O.CCC(C)C(=O)OCCOP(=O)(O)O.CCO[Si](CCCNC(=O)C(C)CC)(OCC)OCC.CCO[Si](CCCNC(=O)C(C)CC)(OCC)OCC. The summed E-state index contributed by atoms with van der Waals surface area (Å²) in [5, 5.41) is 8.48. The average Bonchev–Trinajstić information content (AvgIpc) is 3.26. The van der Waals surface area contributed by atoms with Crippen LogP contribution < -0.4 is 16.0 Å². The summed E-state index contributed by atoms with van der Waals surface area (Å²) in [5.41, 5.74) is -0.950. The van der Waals surface area contributed by atoms with Crippen LogP contribution >= 0.6 is 7.82 Å². The molecule has 0 spiro atoms. The van der Waals surface area contributed by atoms with Crippen molar-refractivity contribution >= 4 is 59.2 Å². The van der Waals surface area contributed by atoms with Crippen molar-refractivity contribution in [2.24, 2.45) is 23.7 Å². The third kappa shape index (κ3) is 41.3. The van der Waals surface area contributed by atoms with Gasteiger partial charge in [0.05, 0.1) is 23.8 Å². The molecule has 0 aromatic heterocycles. The largest absolute Gasteiger partial charge is 0.500 e. The van der Waals surface area contributed by atoms with E-state index in [1.165, 1.54) is 0 Å². The Hall–Kier alpha value is -1.91. The van der Waals surface area contributed by atoms with E-state index in [4.69, 9.17) is 40.9 Å². The van der Waals surface area contributed by atoms with E-state index in [1.807, 2.05) is 83.1 Å². The van der Waals surface area contributed by atoms with E-state index in [9.17, 15) is 32.2 Å². The van der Waals surface area contributed by atoms with E-state index in [0.29, 0.717) is 65.6 Å². The molecule has 0 bridgehead atoms. The van der Waals surface area contributed by atoms with Gasteiger partial charge in [-0.05, 0) is 93.9 Å². The molecule has 0 aromatic carbocycles. The molecule has 0 heterocycles. The van der Waals surface area contributed by atoms with Gasteiger partial charge in [0.2, 0.25) is 17.7 Å². The normalized spacial score (nSPS) is 13.7. The second-order valence-corrected chi connectivity index (χ2v) is 24.7. The lowest BCUT2D eigenvalue weighted by molar-refractivity contribution is -0.149. The number of hydrogen-bond acceptors (Lipinski definition) is 15. The molecule has 0 rings (SSSR count). The minimum atomic E-state index is -4.45. The van der Waals surface area contributed by atoms with Gasteiger partial charge in [-0.25, -0.2) is 4.57 Å². The van der Waals surface area contributed by atoms with Gasteiger partial charge in [0.25, 0.3) is 10.1 Å². The summed E-state index contributed by atoms with van der Waals surface area (Å²) in [7, 11) is -13.6. The minimum Gasteiger partial charge on any atom is -0.463 e. The van der Waals surface area contributed by atoms with Gasteiger partial charge in [0.1, 0.15) is 6.61 Å². The molecule has 3 amide bonds. The number of amides is 3. The molecule has 0 saturated heterocycles. The fourth-order valence-corrected chi connectivity index (χ4v) is 12.0. The fourth-order valence-electron chi connectivity index (χ4n) is 5.50. The van der Waals surface area contributed by atoms with Gasteiger partial charge in [-0.2, -0.15) is 8.42 Å². The number of rotatable bonds is 35. The number of carbonyl (C=O) groups excluding carboxylic acids is 4. The predicted molar refractivity (Wildman–Crippen MR) is 272 cm³/mol. The second-order valence-electron chi connectivity index (χ2n) is 16.6. The first-order valence-corrected chi connectivity index (χ1v) is 31.6. The molecule has 0 aliphatic carbocycles. The van der Waals surface area contributed by atoms with Gasteiger partial charge >= 0.3 is 31.4 Å². The van der Waals surface area contributed by atoms with Crippen molar-refractivity contribution in [3.05, 3.63) is 0 Å². The summed E-state index contributed by atoms with van der Waals surface area (Å²) in [5.74, 6) is -1.07. The van der Waals surface area contributed by atoms with E-state index in [2.05, 4.69) is 25.2 Å². The monoisotopic (exact) mass is 1070 g/mol. The summed E-state index contributed by atoms with van der Waals surface area (Å²) in [4.78, 5) is 62.5. The Morgan fingerprint density at radius 3 is 1.16 bits per heavy atom. The summed E-state index contributed by atoms with van der Waals surface area (Å²) in [6, 6.07) is 1.48. The Morgan fingerprint density at radius 2 is 0.884 bits per heavy atom. The highest BCUT2D eigenvalue weighted by atomic mass is 32.2. The lowest BCUT2D eigenvalue weighted by Crippen LogP contribution is -2.49. The summed E-state index contributed by atoms with van der Waals surface area (Å²) in [6.45, 7) is 34.3. The van der Waals surface area contributed by atoms with E-state index in [1.54, 1.807) is 27.7 Å². The molecule has 25 heteroatoms. The zero-order valence-corrected chi connectivity index (χ0v) is 48.8. The fraction of sp³-hybridized carbons (Fsp3) is 0.909. The lowest BCUT2D eigenvalue weighted by atomic mass is 10.0. The van der Waals surface area contributed by atoms with Crippen LogP contribution in [0.3, 0.4) is 0 Å². The van der Waals surface area contributed by atoms with E-state index < -0.39 is 46.8 Å². The Kier molecular flexibility index (Phi) is 44.3. The van der Waals surface area contributed by atoms with Crippen molar-refractivity contribution in [2.45, 2.75) is 167 Å². The Balaban J connectivity index is -0.000000413. The number of phosphoric ester groups is 1. The maximum absolute atomic E-state index is 11.7.